The lowest BCUT2D eigenvalue weighted by Gasteiger charge is -2.23. The Morgan fingerprint density at radius 3 is 2.61 bits per heavy atom. The van der Waals surface area contributed by atoms with E-state index in [1.165, 1.54) is 14.2 Å². The van der Waals surface area contributed by atoms with Crippen molar-refractivity contribution in [1.29, 1.82) is 5.26 Å². The van der Waals surface area contributed by atoms with Gasteiger partial charge in [0.05, 0.1) is 37.6 Å². The summed E-state index contributed by atoms with van der Waals surface area (Å²) in [7, 11) is 2.86. The van der Waals surface area contributed by atoms with Gasteiger partial charge in [-0.2, -0.15) is 5.26 Å². The Morgan fingerprint density at radius 1 is 1.21 bits per heavy atom. The zero-order chi connectivity index (χ0) is 20.1. The van der Waals surface area contributed by atoms with Crippen LogP contribution in [0.1, 0.15) is 18.4 Å². The number of methoxy groups -OCH3 is 2. The first-order valence-corrected chi connectivity index (χ1v) is 8.89. The number of rotatable bonds is 6. The fraction of sp³-hybridized carbons (Fsp3) is 0.286. The standard InChI is InChI=1S/C21H21N3O4/c1-27-19-12-15(13-22)8-10-18(19)23-14-17(9-11-20(25)28-2)24(21(23)26)16-6-4-3-5-7-16/h3-8,10,12,17H,9,11,14H2,1-2H3. The van der Waals surface area contributed by atoms with Crippen molar-refractivity contribution in [3.8, 4) is 11.8 Å². The van der Waals surface area contributed by atoms with Crippen LogP contribution in [0.25, 0.3) is 0 Å². The van der Waals surface area contributed by atoms with Crippen LogP contribution in [0, 0.1) is 11.3 Å². The Hall–Kier alpha value is -3.53. The van der Waals surface area contributed by atoms with E-state index in [0.29, 0.717) is 30.0 Å². The van der Waals surface area contributed by atoms with Crippen LogP contribution in [-0.4, -0.2) is 38.8 Å². The lowest BCUT2D eigenvalue weighted by molar-refractivity contribution is -0.140. The van der Waals surface area contributed by atoms with Gasteiger partial charge in [-0.05, 0) is 30.7 Å². The van der Waals surface area contributed by atoms with Crippen LogP contribution in [0.15, 0.2) is 48.5 Å². The van der Waals surface area contributed by atoms with E-state index in [1.807, 2.05) is 30.3 Å². The van der Waals surface area contributed by atoms with Gasteiger partial charge in [0.25, 0.3) is 0 Å². The minimum atomic E-state index is -0.310. The van der Waals surface area contributed by atoms with Crippen molar-refractivity contribution in [2.75, 3.05) is 30.6 Å². The molecule has 0 aromatic heterocycles. The topological polar surface area (TPSA) is 82.9 Å². The first-order chi connectivity index (χ1) is 13.6. The van der Waals surface area contributed by atoms with Crippen molar-refractivity contribution in [1.82, 2.24) is 0 Å². The molecule has 1 heterocycles. The average molecular weight is 379 g/mol. The molecule has 7 heteroatoms. The maximum Gasteiger partial charge on any atom is 0.329 e. The fourth-order valence-electron chi connectivity index (χ4n) is 3.35. The molecular weight excluding hydrogens is 358 g/mol. The molecule has 1 unspecified atom stereocenters. The van der Waals surface area contributed by atoms with Gasteiger partial charge in [0.1, 0.15) is 5.75 Å². The van der Waals surface area contributed by atoms with Crippen molar-refractivity contribution in [2.45, 2.75) is 18.9 Å². The lowest BCUT2D eigenvalue weighted by atomic mass is 10.1. The Kier molecular flexibility index (Phi) is 5.80. The van der Waals surface area contributed by atoms with Crippen LogP contribution < -0.4 is 14.5 Å². The van der Waals surface area contributed by atoms with E-state index < -0.39 is 0 Å². The summed E-state index contributed by atoms with van der Waals surface area (Å²) in [4.78, 5) is 28.2. The number of amides is 2. The largest absolute Gasteiger partial charge is 0.495 e. The van der Waals surface area contributed by atoms with E-state index in [0.717, 1.165) is 5.69 Å². The first-order valence-electron chi connectivity index (χ1n) is 8.89. The summed E-state index contributed by atoms with van der Waals surface area (Å²) in [6.07, 6.45) is 0.693. The van der Waals surface area contributed by atoms with E-state index in [4.69, 9.17) is 14.7 Å². The second-order valence-electron chi connectivity index (χ2n) is 6.37. The summed E-state index contributed by atoms with van der Waals surface area (Å²) in [5.41, 5.74) is 1.81. The first kappa shape index (κ1) is 19.2. The molecule has 2 amide bonds. The third-order valence-corrected chi connectivity index (χ3v) is 4.74. The zero-order valence-corrected chi connectivity index (χ0v) is 15.8. The molecule has 3 rings (SSSR count). The Bertz CT molecular complexity index is 908. The molecule has 7 nitrogen and oxygen atoms in total. The smallest absolute Gasteiger partial charge is 0.329 e. The lowest BCUT2D eigenvalue weighted by Crippen LogP contribution is -2.35. The highest BCUT2D eigenvalue weighted by Crippen LogP contribution is 2.36. The molecule has 0 N–H and O–H groups in total. The zero-order valence-electron chi connectivity index (χ0n) is 15.8. The fourth-order valence-corrected chi connectivity index (χ4v) is 3.35. The molecule has 1 aliphatic rings. The highest BCUT2D eigenvalue weighted by molar-refractivity contribution is 6.07. The molecule has 0 saturated carbocycles. The van der Waals surface area contributed by atoms with Crippen molar-refractivity contribution in [2.24, 2.45) is 0 Å². The number of hydrogen-bond acceptors (Lipinski definition) is 5. The number of benzene rings is 2. The van der Waals surface area contributed by atoms with Crippen molar-refractivity contribution in [3.05, 3.63) is 54.1 Å². The summed E-state index contributed by atoms with van der Waals surface area (Å²) in [6, 6.07) is 16.0. The van der Waals surface area contributed by atoms with E-state index in [-0.39, 0.29) is 24.5 Å². The number of carbonyl (C=O) groups is 2. The van der Waals surface area contributed by atoms with E-state index in [1.54, 1.807) is 28.0 Å². The number of esters is 1. The number of carbonyl (C=O) groups excluding carboxylic acids is 2. The van der Waals surface area contributed by atoms with Gasteiger partial charge in [-0.25, -0.2) is 4.79 Å². The second-order valence-corrected chi connectivity index (χ2v) is 6.37. The van der Waals surface area contributed by atoms with Crippen LogP contribution in [0.3, 0.4) is 0 Å². The molecule has 0 radical (unpaired) electrons. The van der Waals surface area contributed by atoms with Gasteiger partial charge < -0.3 is 9.47 Å². The highest BCUT2D eigenvalue weighted by atomic mass is 16.5. The van der Waals surface area contributed by atoms with Gasteiger partial charge >= 0.3 is 12.0 Å². The van der Waals surface area contributed by atoms with E-state index in [2.05, 4.69) is 6.07 Å². The number of nitriles is 1. The van der Waals surface area contributed by atoms with Gasteiger partial charge in [0.15, 0.2) is 0 Å². The third-order valence-electron chi connectivity index (χ3n) is 4.74. The molecular formula is C21H21N3O4. The van der Waals surface area contributed by atoms with Crippen LogP contribution in [-0.2, 0) is 9.53 Å². The van der Waals surface area contributed by atoms with Gasteiger partial charge in [0, 0.05) is 24.7 Å². The molecule has 1 atom stereocenters. The summed E-state index contributed by atoms with van der Waals surface area (Å²) < 4.78 is 10.1. The highest BCUT2D eigenvalue weighted by Gasteiger charge is 2.40. The maximum absolute atomic E-state index is 13.3. The van der Waals surface area contributed by atoms with Crippen molar-refractivity contribution in [3.63, 3.8) is 0 Å². The molecule has 28 heavy (non-hydrogen) atoms. The maximum atomic E-state index is 13.3. The molecule has 1 saturated heterocycles. The number of hydrogen-bond donors (Lipinski definition) is 0. The molecule has 1 aliphatic heterocycles. The van der Waals surface area contributed by atoms with Crippen molar-refractivity contribution >= 4 is 23.4 Å². The van der Waals surface area contributed by atoms with Gasteiger partial charge in [0.2, 0.25) is 0 Å². The number of urea groups is 1. The molecule has 144 valence electrons. The SMILES string of the molecule is COC(=O)CCC1CN(c2ccc(C#N)cc2OC)C(=O)N1c1ccccc1. The van der Waals surface area contributed by atoms with Gasteiger partial charge in [-0.15, -0.1) is 0 Å². The summed E-state index contributed by atoms with van der Waals surface area (Å²) in [5, 5.41) is 9.11. The molecule has 2 aromatic rings. The van der Waals surface area contributed by atoms with Crippen LogP contribution >= 0.6 is 0 Å². The van der Waals surface area contributed by atoms with Gasteiger partial charge in [-0.1, -0.05) is 18.2 Å². The predicted octanol–water partition coefficient (Wildman–Crippen LogP) is 3.34. The Morgan fingerprint density at radius 2 is 1.96 bits per heavy atom. The molecule has 2 aromatic carbocycles. The number of ether oxygens (including phenoxy) is 2. The van der Waals surface area contributed by atoms with E-state index >= 15 is 0 Å². The average Bonchev–Trinajstić information content (AvgIpc) is 3.07. The minimum absolute atomic E-state index is 0.200. The minimum Gasteiger partial charge on any atom is -0.495 e. The molecule has 0 spiro atoms. The van der Waals surface area contributed by atoms with Crippen molar-refractivity contribution < 1.29 is 19.1 Å². The monoisotopic (exact) mass is 379 g/mol. The van der Waals surface area contributed by atoms with E-state index in [9.17, 15) is 9.59 Å². The van der Waals surface area contributed by atoms with Crippen LogP contribution in [0.4, 0.5) is 16.2 Å². The predicted molar refractivity (Wildman–Crippen MR) is 104 cm³/mol. The Labute approximate surface area is 163 Å². The normalized spacial score (nSPS) is 16.0. The third kappa shape index (κ3) is 3.76. The number of nitrogens with zero attached hydrogens (tertiary/aromatic N) is 3. The number of anilines is 2. The summed E-state index contributed by atoms with van der Waals surface area (Å²) in [5.74, 6) is 0.142. The summed E-state index contributed by atoms with van der Waals surface area (Å²) in [6.45, 7) is 0.396. The van der Waals surface area contributed by atoms with Crippen LogP contribution in [0.2, 0.25) is 0 Å². The van der Waals surface area contributed by atoms with Crippen LogP contribution in [0.5, 0.6) is 5.75 Å². The molecule has 1 fully saturated rings. The quantitative estimate of drug-likeness (QED) is 0.719. The second kappa shape index (κ2) is 8.44. The molecule has 0 bridgehead atoms. The Balaban J connectivity index is 1.95. The number of para-hydroxylation sites is 1. The molecule has 0 aliphatic carbocycles. The van der Waals surface area contributed by atoms with Gasteiger partial charge in [-0.3, -0.25) is 14.6 Å². The summed E-state index contributed by atoms with van der Waals surface area (Å²) >= 11 is 0.